The van der Waals surface area contributed by atoms with Gasteiger partial charge in [0.1, 0.15) is 0 Å². The number of nitrogens with zero attached hydrogens (tertiary/aromatic N) is 6. The molecule has 164 valence electrons. The number of likely N-dealkylation sites (tertiary alicyclic amines) is 1. The van der Waals surface area contributed by atoms with Crippen LogP contribution >= 0.6 is 11.6 Å². The molecule has 1 aliphatic heterocycles. The van der Waals surface area contributed by atoms with E-state index in [1.54, 1.807) is 6.20 Å². The molecule has 1 saturated carbocycles. The molecular formula is C24H26ClN7. The minimum absolute atomic E-state index is 0.536. The SMILES string of the molecule is Cc1nn(-c2ccnc(Nc3ccc4c(c3)c(Cl)cn4C3CC3)n2)cc1CN1CCCC1. The van der Waals surface area contributed by atoms with Gasteiger partial charge in [-0.25, -0.2) is 9.67 Å². The van der Waals surface area contributed by atoms with E-state index in [1.807, 2.05) is 16.9 Å². The minimum Gasteiger partial charge on any atom is -0.343 e. The van der Waals surface area contributed by atoms with Gasteiger partial charge < -0.3 is 9.88 Å². The van der Waals surface area contributed by atoms with E-state index in [-0.39, 0.29) is 0 Å². The molecule has 0 radical (unpaired) electrons. The average molecular weight is 448 g/mol. The van der Waals surface area contributed by atoms with E-state index in [0.717, 1.165) is 34.2 Å². The second-order valence-electron chi connectivity index (χ2n) is 8.88. The first-order valence-corrected chi connectivity index (χ1v) is 11.7. The maximum atomic E-state index is 6.51. The van der Waals surface area contributed by atoms with Gasteiger partial charge >= 0.3 is 0 Å². The molecule has 32 heavy (non-hydrogen) atoms. The Balaban J connectivity index is 1.24. The summed E-state index contributed by atoms with van der Waals surface area (Å²) in [7, 11) is 0. The van der Waals surface area contributed by atoms with Gasteiger partial charge in [0.2, 0.25) is 5.95 Å². The number of nitrogens with one attached hydrogen (secondary N) is 1. The van der Waals surface area contributed by atoms with Crippen LogP contribution in [0.1, 0.15) is 43.0 Å². The third-order valence-corrected chi connectivity index (χ3v) is 6.75. The summed E-state index contributed by atoms with van der Waals surface area (Å²) >= 11 is 6.51. The average Bonchev–Trinajstić information content (AvgIpc) is 3.23. The summed E-state index contributed by atoms with van der Waals surface area (Å²) in [5.74, 6) is 1.28. The van der Waals surface area contributed by atoms with Crippen LogP contribution in [0.15, 0.2) is 42.9 Å². The quantitative estimate of drug-likeness (QED) is 0.437. The highest BCUT2D eigenvalue weighted by Crippen LogP contribution is 2.40. The summed E-state index contributed by atoms with van der Waals surface area (Å²) in [6.07, 6.45) is 10.9. The number of rotatable bonds is 6. The molecule has 0 unspecified atom stereocenters. The fourth-order valence-electron chi connectivity index (χ4n) is 4.56. The van der Waals surface area contributed by atoms with Gasteiger partial charge in [-0.05, 0) is 63.9 Å². The van der Waals surface area contributed by atoms with Crippen molar-refractivity contribution >= 4 is 34.1 Å². The van der Waals surface area contributed by atoms with Gasteiger partial charge in [-0.3, -0.25) is 4.90 Å². The number of hydrogen-bond acceptors (Lipinski definition) is 5. The zero-order valence-electron chi connectivity index (χ0n) is 18.1. The molecule has 2 fully saturated rings. The van der Waals surface area contributed by atoms with Crippen LogP contribution in [0.25, 0.3) is 16.7 Å². The van der Waals surface area contributed by atoms with Crippen molar-refractivity contribution in [1.82, 2.24) is 29.2 Å². The van der Waals surface area contributed by atoms with E-state index in [2.05, 4.69) is 51.1 Å². The van der Waals surface area contributed by atoms with Crippen molar-refractivity contribution < 1.29 is 0 Å². The maximum absolute atomic E-state index is 6.51. The van der Waals surface area contributed by atoms with Crippen molar-refractivity contribution in [3.05, 3.63) is 59.1 Å². The van der Waals surface area contributed by atoms with Crippen LogP contribution in [0.3, 0.4) is 0 Å². The summed E-state index contributed by atoms with van der Waals surface area (Å²) in [5.41, 5.74) is 4.39. The molecule has 1 aliphatic carbocycles. The molecule has 0 spiro atoms. The standard InChI is InChI=1S/C24H26ClN7/c1-16-17(13-30-10-2-3-11-30)14-32(29-16)23-8-9-26-24(28-23)27-18-4-7-22-20(12-18)21(25)15-31(22)19-5-6-19/h4,7-9,12,14-15,19H,2-3,5-6,10-11,13H2,1H3,(H,26,27,28). The Labute approximate surface area is 192 Å². The van der Waals surface area contributed by atoms with E-state index >= 15 is 0 Å². The molecule has 3 aromatic heterocycles. The van der Waals surface area contributed by atoms with E-state index in [1.165, 1.54) is 49.9 Å². The van der Waals surface area contributed by atoms with E-state index in [4.69, 9.17) is 21.7 Å². The normalized spacial score (nSPS) is 16.8. The van der Waals surface area contributed by atoms with Gasteiger partial charge in [0.05, 0.1) is 10.7 Å². The predicted molar refractivity (Wildman–Crippen MR) is 127 cm³/mol. The lowest BCUT2D eigenvalue weighted by molar-refractivity contribution is 0.330. The fraction of sp³-hybridized carbons (Fsp3) is 0.375. The molecule has 4 heterocycles. The molecule has 7 nitrogen and oxygen atoms in total. The first-order valence-electron chi connectivity index (χ1n) is 11.3. The highest BCUT2D eigenvalue weighted by molar-refractivity contribution is 6.35. The van der Waals surface area contributed by atoms with Crippen LogP contribution in [-0.2, 0) is 6.54 Å². The Morgan fingerprint density at radius 3 is 2.78 bits per heavy atom. The largest absolute Gasteiger partial charge is 0.343 e. The van der Waals surface area contributed by atoms with E-state index < -0.39 is 0 Å². The predicted octanol–water partition coefficient (Wildman–Crippen LogP) is 5.25. The lowest BCUT2D eigenvalue weighted by Gasteiger charge is -2.13. The maximum Gasteiger partial charge on any atom is 0.229 e. The molecule has 2 aliphatic rings. The lowest BCUT2D eigenvalue weighted by Crippen LogP contribution is -2.18. The number of benzene rings is 1. The molecular weight excluding hydrogens is 422 g/mol. The van der Waals surface area contributed by atoms with E-state index in [0.29, 0.717) is 12.0 Å². The Bertz CT molecular complexity index is 1280. The monoisotopic (exact) mass is 447 g/mol. The first kappa shape index (κ1) is 19.8. The number of halogens is 1. The van der Waals surface area contributed by atoms with Crippen LogP contribution in [-0.4, -0.2) is 42.3 Å². The van der Waals surface area contributed by atoms with Gasteiger partial charge in [-0.15, -0.1) is 0 Å². The van der Waals surface area contributed by atoms with Crippen molar-refractivity contribution in [2.45, 2.75) is 45.2 Å². The van der Waals surface area contributed by atoms with Gasteiger partial charge in [0.25, 0.3) is 0 Å². The van der Waals surface area contributed by atoms with Crippen LogP contribution in [0.2, 0.25) is 5.02 Å². The molecule has 1 N–H and O–H groups in total. The molecule has 6 rings (SSSR count). The summed E-state index contributed by atoms with van der Waals surface area (Å²) < 4.78 is 4.14. The topological polar surface area (TPSA) is 63.8 Å². The molecule has 4 aromatic rings. The fourth-order valence-corrected chi connectivity index (χ4v) is 4.82. The Morgan fingerprint density at radius 1 is 1.12 bits per heavy atom. The summed E-state index contributed by atoms with van der Waals surface area (Å²) in [4.78, 5) is 11.6. The van der Waals surface area contributed by atoms with Gasteiger partial charge in [0.15, 0.2) is 5.82 Å². The van der Waals surface area contributed by atoms with Gasteiger partial charge in [0, 0.05) is 59.4 Å². The molecule has 1 aromatic carbocycles. The zero-order chi connectivity index (χ0) is 21.7. The minimum atomic E-state index is 0.536. The number of aromatic nitrogens is 5. The van der Waals surface area contributed by atoms with Crippen molar-refractivity contribution in [2.75, 3.05) is 18.4 Å². The van der Waals surface area contributed by atoms with Crippen molar-refractivity contribution in [1.29, 1.82) is 0 Å². The van der Waals surface area contributed by atoms with Gasteiger partial charge in [-0.2, -0.15) is 10.1 Å². The second kappa shape index (κ2) is 7.90. The Kier molecular flexibility index (Phi) is 4.88. The Hall–Kier alpha value is -2.90. The van der Waals surface area contributed by atoms with E-state index in [9.17, 15) is 0 Å². The molecule has 0 amide bonds. The lowest BCUT2D eigenvalue weighted by atomic mass is 10.2. The van der Waals surface area contributed by atoms with Crippen LogP contribution < -0.4 is 5.32 Å². The molecule has 8 heteroatoms. The zero-order valence-corrected chi connectivity index (χ0v) is 18.9. The summed E-state index contributed by atoms with van der Waals surface area (Å²) in [5, 5.41) is 9.86. The summed E-state index contributed by atoms with van der Waals surface area (Å²) in [6, 6.07) is 8.72. The molecule has 0 bridgehead atoms. The van der Waals surface area contributed by atoms with Crippen molar-refractivity contribution in [3.8, 4) is 5.82 Å². The number of hydrogen-bond donors (Lipinski definition) is 1. The number of anilines is 2. The first-order chi connectivity index (χ1) is 15.6. The highest BCUT2D eigenvalue weighted by atomic mass is 35.5. The molecule has 1 saturated heterocycles. The Morgan fingerprint density at radius 2 is 1.97 bits per heavy atom. The smallest absolute Gasteiger partial charge is 0.229 e. The highest BCUT2D eigenvalue weighted by Gasteiger charge is 2.25. The van der Waals surface area contributed by atoms with Crippen LogP contribution in [0, 0.1) is 6.92 Å². The van der Waals surface area contributed by atoms with Gasteiger partial charge in [-0.1, -0.05) is 11.6 Å². The van der Waals surface area contributed by atoms with Crippen molar-refractivity contribution in [2.24, 2.45) is 0 Å². The number of aryl methyl sites for hydroxylation is 1. The second-order valence-corrected chi connectivity index (χ2v) is 9.29. The van der Waals surface area contributed by atoms with Crippen molar-refractivity contribution in [3.63, 3.8) is 0 Å². The van der Waals surface area contributed by atoms with Crippen LogP contribution in [0.4, 0.5) is 11.6 Å². The third kappa shape index (κ3) is 3.76. The summed E-state index contributed by atoms with van der Waals surface area (Å²) in [6.45, 7) is 5.35. The third-order valence-electron chi connectivity index (χ3n) is 6.45. The van der Waals surface area contributed by atoms with Crippen LogP contribution in [0.5, 0.6) is 0 Å². The molecule has 0 atom stereocenters. The number of fused-ring (bicyclic) bond motifs is 1.